The zero-order chi connectivity index (χ0) is 13.3. The molecular formula is C13H11BrClN3. The summed E-state index contributed by atoms with van der Waals surface area (Å²) in [6, 6.07) is 7.81. The highest BCUT2D eigenvalue weighted by Crippen LogP contribution is 2.27. The number of rotatable bonds is 2. The Balaban J connectivity index is 2.62. The van der Waals surface area contributed by atoms with Crippen LogP contribution in [0.3, 0.4) is 0 Å². The van der Waals surface area contributed by atoms with Gasteiger partial charge in [0.05, 0.1) is 23.9 Å². The summed E-state index contributed by atoms with van der Waals surface area (Å²) in [4.78, 5) is 0. The highest BCUT2D eigenvalue weighted by molar-refractivity contribution is 9.10. The number of halogens is 2. The zero-order valence-electron chi connectivity index (χ0n) is 10.0. The van der Waals surface area contributed by atoms with Crippen molar-refractivity contribution in [2.75, 3.05) is 0 Å². The van der Waals surface area contributed by atoms with Crippen LogP contribution in [0.1, 0.15) is 16.8 Å². The second kappa shape index (κ2) is 5.13. The van der Waals surface area contributed by atoms with Crippen molar-refractivity contribution in [2.24, 2.45) is 0 Å². The molecule has 0 aliphatic heterocycles. The average Bonchev–Trinajstić information content (AvgIpc) is 2.61. The van der Waals surface area contributed by atoms with Gasteiger partial charge in [0, 0.05) is 10.6 Å². The van der Waals surface area contributed by atoms with Gasteiger partial charge in [0.25, 0.3) is 0 Å². The van der Waals surface area contributed by atoms with Crippen LogP contribution in [0.2, 0.25) is 5.02 Å². The lowest BCUT2D eigenvalue weighted by molar-refractivity contribution is 0.839. The van der Waals surface area contributed by atoms with E-state index in [2.05, 4.69) is 27.1 Å². The summed E-state index contributed by atoms with van der Waals surface area (Å²) in [7, 11) is 0. The van der Waals surface area contributed by atoms with Gasteiger partial charge in [-0.1, -0.05) is 17.7 Å². The summed E-state index contributed by atoms with van der Waals surface area (Å²) < 4.78 is 2.59. The largest absolute Gasteiger partial charge is 0.226 e. The van der Waals surface area contributed by atoms with Crippen molar-refractivity contribution in [3.8, 4) is 11.8 Å². The molecule has 2 rings (SSSR count). The fourth-order valence-corrected chi connectivity index (χ4v) is 2.65. The van der Waals surface area contributed by atoms with Crippen molar-refractivity contribution in [2.45, 2.75) is 20.3 Å². The predicted octanol–water partition coefficient (Wildman–Crippen LogP) is 3.97. The topological polar surface area (TPSA) is 41.6 Å². The fraction of sp³-hybridized carbons (Fsp3) is 0.231. The summed E-state index contributed by atoms with van der Waals surface area (Å²) in [5, 5.41) is 13.9. The van der Waals surface area contributed by atoms with E-state index >= 15 is 0 Å². The number of hydrogen-bond donors (Lipinski definition) is 0. The van der Waals surface area contributed by atoms with Gasteiger partial charge in [-0.05, 0) is 47.5 Å². The number of aromatic nitrogens is 2. The lowest BCUT2D eigenvalue weighted by atomic mass is 10.2. The van der Waals surface area contributed by atoms with Crippen molar-refractivity contribution in [1.82, 2.24) is 9.78 Å². The lowest BCUT2D eigenvalue weighted by Crippen LogP contribution is -1.99. The van der Waals surface area contributed by atoms with E-state index in [1.807, 2.05) is 32.0 Å². The number of aryl methyl sites for hydroxylation is 2. The second-order valence-corrected chi connectivity index (χ2v) is 5.22. The van der Waals surface area contributed by atoms with Crippen molar-refractivity contribution in [1.29, 1.82) is 5.26 Å². The SMILES string of the molecule is Cc1ccc(Cl)cc1-n1nc(C)c(CC#N)c1Br. The van der Waals surface area contributed by atoms with Gasteiger partial charge in [0.15, 0.2) is 0 Å². The first kappa shape index (κ1) is 13.1. The van der Waals surface area contributed by atoms with Crippen molar-refractivity contribution >= 4 is 27.5 Å². The quantitative estimate of drug-likeness (QED) is 0.838. The molecule has 5 heteroatoms. The predicted molar refractivity (Wildman–Crippen MR) is 75.1 cm³/mol. The van der Waals surface area contributed by atoms with E-state index in [0.717, 1.165) is 27.1 Å². The van der Waals surface area contributed by atoms with Crippen LogP contribution in [0, 0.1) is 25.2 Å². The van der Waals surface area contributed by atoms with Crippen LogP contribution in [-0.2, 0) is 6.42 Å². The highest BCUT2D eigenvalue weighted by atomic mass is 79.9. The Bertz CT molecular complexity index is 640. The third kappa shape index (κ3) is 2.29. The van der Waals surface area contributed by atoms with Gasteiger partial charge in [0.1, 0.15) is 4.60 Å². The fourth-order valence-electron chi connectivity index (χ4n) is 1.78. The maximum absolute atomic E-state index is 8.82. The van der Waals surface area contributed by atoms with Crippen LogP contribution in [0.15, 0.2) is 22.8 Å². The third-order valence-corrected chi connectivity index (χ3v) is 3.83. The van der Waals surface area contributed by atoms with Crippen LogP contribution < -0.4 is 0 Å². The molecule has 0 bridgehead atoms. The van der Waals surface area contributed by atoms with Crippen LogP contribution in [-0.4, -0.2) is 9.78 Å². The molecule has 0 aliphatic rings. The van der Waals surface area contributed by atoms with Gasteiger partial charge < -0.3 is 0 Å². The van der Waals surface area contributed by atoms with Crippen molar-refractivity contribution < 1.29 is 0 Å². The Hall–Kier alpha value is -1.31. The Kier molecular flexibility index (Phi) is 3.74. The molecule has 0 radical (unpaired) electrons. The van der Waals surface area contributed by atoms with E-state index in [-0.39, 0.29) is 0 Å². The van der Waals surface area contributed by atoms with Crippen LogP contribution >= 0.6 is 27.5 Å². The number of benzene rings is 1. The summed E-state index contributed by atoms with van der Waals surface area (Å²) in [5.41, 5.74) is 3.76. The molecule has 0 fully saturated rings. The van der Waals surface area contributed by atoms with E-state index < -0.39 is 0 Å². The maximum atomic E-state index is 8.82. The first-order valence-electron chi connectivity index (χ1n) is 5.42. The molecule has 0 N–H and O–H groups in total. The van der Waals surface area contributed by atoms with Crippen LogP contribution in [0.25, 0.3) is 5.69 Å². The van der Waals surface area contributed by atoms with E-state index in [4.69, 9.17) is 16.9 Å². The van der Waals surface area contributed by atoms with Gasteiger partial charge in [-0.3, -0.25) is 0 Å². The Labute approximate surface area is 119 Å². The molecule has 0 saturated heterocycles. The molecule has 0 amide bonds. The normalized spacial score (nSPS) is 10.4. The van der Waals surface area contributed by atoms with Gasteiger partial charge in [0.2, 0.25) is 0 Å². The van der Waals surface area contributed by atoms with Crippen molar-refractivity contribution in [3.05, 3.63) is 44.6 Å². The number of nitrogens with zero attached hydrogens (tertiary/aromatic N) is 3. The molecule has 92 valence electrons. The summed E-state index contributed by atoms with van der Waals surface area (Å²) in [6.45, 7) is 3.90. The molecule has 1 heterocycles. The Morgan fingerprint density at radius 3 is 2.83 bits per heavy atom. The minimum atomic E-state index is 0.339. The smallest absolute Gasteiger partial charge is 0.114 e. The van der Waals surface area contributed by atoms with Gasteiger partial charge in [-0.15, -0.1) is 0 Å². The first-order valence-corrected chi connectivity index (χ1v) is 6.59. The van der Waals surface area contributed by atoms with Gasteiger partial charge in [-0.25, -0.2) is 4.68 Å². The van der Waals surface area contributed by atoms with Crippen LogP contribution in [0.5, 0.6) is 0 Å². The molecule has 0 unspecified atom stereocenters. The summed E-state index contributed by atoms with van der Waals surface area (Å²) >= 11 is 9.52. The highest BCUT2D eigenvalue weighted by Gasteiger charge is 2.15. The maximum Gasteiger partial charge on any atom is 0.114 e. The van der Waals surface area contributed by atoms with E-state index in [1.54, 1.807) is 4.68 Å². The molecule has 0 atom stereocenters. The van der Waals surface area contributed by atoms with Gasteiger partial charge >= 0.3 is 0 Å². The average molecular weight is 325 g/mol. The first-order chi connectivity index (χ1) is 8.54. The number of hydrogen-bond acceptors (Lipinski definition) is 2. The molecule has 0 aliphatic carbocycles. The Morgan fingerprint density at radius 2 is 2.17 bits per heavy atom. The van der Waals surface area contributed by atoms with E-state index in [9.17, 15) is 0 Å². The molecular weight excluding hydrogens is 314 g/mol. The third-order valence-electron chi connectivity index (χ3n) is 2.78. The van der Waals surface area contributed by atoms with Gasteiger partial charge in [-0.2, -0.15) is 10.4 Å². The zero-order valence-corrected chi connectivity index (χ0v) is 12.4. The Morgan fingerprint density at radius 1 is 1.44 bits per heavy atom. The molecule has 2 aromatic rings. The minimum absolute atomic E-state index is 0.339. The lowest BCUT2D eigenvalue weighted by Gasteiger charge is -2.08. The minimum Gasteiger partial charge on any atom is -0.226 e. The molecule has 1 aromatic carbocycles. The van der Waals surface area contributed by atoms with E-state index in [0.29, 0.717) is 11.4 Å². The summed E-state index contributed by atoms with van der Waals surface area (Å²) in [6.07, 6.45) is 0.339. The summed E-state index contributed by atoms with van der Waals surface area (Å²) in [5.74, 6) is 0. The van der Waals surface area contributed by atoms with Crippen LogP contribution in [0.4, 0.5) is 0 Å². The van der Waals surface area contributed by atoms with E-state index in [1.165, 1.54) is 0 Å². The van der Waals surface area contributed by atoms with Crippen molar-refractivity contribution in [3.63, 3.8) is 0 Å². The molecule has 3 nitrogen and oxygen atoms in total. The monoisotopic (exact) mass is 323 g/mol. The molecule has 0 spiro atoms. The molecule has 1 aromatic heterocycles. The molecule has 0 saturated carbocycles. The number of nitriles is 1. The molecule has 18 heavy (non-hydrogen) atoms. The second-order valence-electron chi connectivity index (χ2n) is 4.03. The standard InChI is InChI=1S/C13H11BrClN3/c1-8-3-4-10(15)7-12(8)18-13(14)11(5-6-16)9(2)17-18/h3-4,7H,5H2,1-2H3.